The van der Waals surface area contributed by atoms with Gasteiger partial charge in [0, 0.05) is 43.4 Å². The number of aromatic nitrogens is 2. The van der Waals surface area contributed by atoms with Gasteiger partial charge in [0.15, 0.2) is 0 Å². The van der Waals surface area contributed by atoms with E-state index in [9.17, 15) is 18.0 Å². The minimum atomic E-state index is -4.47. The molecule has 0 bridgehead atoms. The minimum Gasteiger partial charge on any atom is -0.497 e. The number of rotatable bonds is 5. The van der Waals surface area contributed by atoms with Crippen molar-refractivity contribution < 1.29 is 22.7 Å². The zero-order valence-corrected chi connectivity index (χ0v) is 15.6. The molecule has 1 aliphatic heterocycles. The molecule has 1 aliphatic carbocycles. The molecule has 1 unspecified atom stereocenters. The second kappa shape index (κ2) is 7.14. The molecule has 1 atom stereocenters. The van der Waals surface area contributed by atoms with Crippen LogP contribution in [0.4, 0.5) is 13.2 Å². The Morgan fingerprint density at radius 2 is 1.96 bits per heavy atom. The highest BCUT2D eigenvalue weighted by molar-refractivity contribution is 5.80. The Hall–Kier alpha value is -2.51. The molecule has 0 N–H and O–H groups in total. The lowest BCUT2D eigenvalue weighted by Crippen LogP contribution is -2.40. The summed E-state index contributed by atoms with van der Waals surface area (Å²) >= 11 is 0. The van der Waals surface area contributed by atoms with Crippen LogP contribution in [0.3, 0.4) is 0 Å². The number of carbonyl (C=O) groups is 1. The van der Waals surface area contributed by atoms with E-state index >= 15 is 0 Å². The lowest BCUT2D eigenvalue weighted by molar-refractivity contribution is -0.147. The lowest BCUT2D eigenvalue weighted by atomic mass is 9.94. The van der Waals surface area contributed by atoms with Crippen molar-refractivity contribution in [1.82, 2.24) is 14.5 Å². The molecule has 8 heteroatoms. The number of ether oxygens (including phenoxy) is 1. The fraction of sp³-hybridized carbons (Fsp3) is 0.500. The predicted octanol–water partition coefficient (Wildman–Crippen LogP) is 3.66. The third-order valence-electron chi connectivity index (χ3n) is 5.48. The number of carbonyl (C=O) groups excluding carboxylic acids is 1. The van der Waals surface area contributed by atoms with Crippen LogP contribution < -0.4 is 4.74 Å². The van der Waals surface area contributed by atoms with E-state index < -0.39 is 12.0 Å². The number of nitrogens with zero attached hydrogens (tertiary/aromatic N) is 3. The Morgan fingerprint density at radius 1 is 1.25 bits per heavy atom. The fourth-order valence-corrected chi connectivity index (χ4v) is 3.84. The van der Waals surface area contributed by atoms with Gasteiger partial charge in [-0.05, 0) is 37.0 Å². The third-order valence-corrected chi connectivity index (χ3v) is 5.48. The fourth-order valence-electron chi connectivity index (χ4n) is 3.84. The monoisotopic (exact) mass is 393 g/mol. The summed E-state index contributed by atoms with van der Waals surface area (Å²) in [7, 11) is 1.60. The third kappa shape index (κ3) is 3.72. The molecule has 5 nitrogen and oxygen atoms in total. The number of hydrogen-bond donors (Lipinski definition) is 0. The zero-order valence-electron chi connectivity index (χ0n) is 15.6. The van der Waals surface area contributed by atoms with Gasteiger partial charge in [0.1, 0.15) is 5.75 Å². The van der Waals surface area contributed by atoms with Crippen molar-refractivity contribution in [3.05, 3.63) is 47.5 Å². The van der Waals surface area contributed by atoms with Crippen LogP contribution in [0.1, 0.15) is 36.3 Å². The first kappa shape index (κ1) is 18.8. The normalized spacial score (nSPS) is 19.2. The van der Waals surface area contributed by atoms with Crippen molar-refractivity contribution in [2.45, 2.75) is 51.0 Å². The maximum atomic E-state index is 13.2. The van der Waals surface area contributed by atoms with Gasteiger partial charge >= 0.3 is 6.18 Å². The van der Waals surface area contributed by atoms with Crippen LogP contribution in [-0.4, -0.2) is 33.5 Å². The maximum Gasteiger partial charge on any atom is 0.449 e. The average molecular weight is 393 g/mol. The number of hydrogen-bond acceptors (Lipinski definition) is 3. The molecular weight excluding hydrogens is 371 g/mol. The van der Waals surface area contributed by atoms with Crippen LogP contribution in [0.5, 0.6) is 5.75 Å². The van der Waals surface area contributed by atoms with Crippen LogP contribution in [0.2, 0.25) is 0 Å². The molecule has 4 rings (SSSR count). The highest BCUT2D eigenvalue weighted by Gasteiger charge is 2.41. The summed E-state index contributed by atoms with van der Waals surface area (Å²) in [6, 6.07) is 7.83. The molecule has 150 valence electrons. The first-order chi connectivity index (χ1) is 13.4. The van der Waals surface area contributed by atoms with Gasteiger partial charge in [-0.25, -0.2) is 4.98 Å². The van der Waals surface area contributed by atoms with Crippen molar-refractivity contribution in [1.29, 1.82) is 0 Å². The molecule has 2 aliphatic rings. The second-order valence-corrected chi connectivity index (χ2v) is 7.46. The summed E-state index contributed by atoms with van der Waals surface area (Å²) in [5.74, 6) is -0.386. The topological polar surface area (TPSA) is 47.4 Å². The number of fused-ring (bicyclic) bond motifs is 1. The van der Waals surface area contributed by atoms with Crippen molar-refractivity contribution in [3.8, 4) is 5.75 Å². The Bertz CT molecular complexity index is 857. The number of benzene rings is 1. The van der Waals surface area contributed by atoms with E-state index in [0.717, 1.165) is 24.2 Å². The van der Waals surface area contributed by atoms with Crippen molar-refractivity contribution in [3.63, 3.8) is 0 Å². The molecule has 1 aromatic heterocycles. The van der Waals surface area contributed by atoms with Crippen LogP contribution in [0, 0.1) is 5.92 Å². The predicted molar refractivity (Wildman–Crippen MR) is 95.6 cm³/mol. The maximum absolute atomic E-state index is 13.2. The molecule has 1 saturated carbocycles. The van der Waals surface area contributed by atoms with Gasteiger partial charge in [-0.1, -0.05) is 12.1 Å². The molecule has 0 saturated heterocycles. The molecule has 2 aromatic rings. The summed E-state index contributed by atoms with van der Waals surface area (Å²) in [6.45, 7) is 0.679. The first-order valence-electron chi connectivity index (χ1n) is 9.42. The number of halogens is 3. The Labute approximate surface area is 161 Å². The van der Waals surface area contributed by atoms with E-state index in [1.165, 1.54) is 10.8 Å². The lowest BCUT2D eigenvalue weighted by Gasteiger charge is -2.30. The molecule has 1 aromatic carbocycles. The van der Waals surface area contributed by atoms with Crippen molar-refractivity contribution in [2.75, 3.05) is 7.11 Å². The van der Waals surface area contributed by atoms with Crippen LogP contribution in [0.15, 0.2) is 30.5 Å². The summed E-state index contributed by atoms with van der Waals surface area (Å²) in [5.41, 5.74) is 1.50. The van der Waals surface area contributed by atoms with Gasteiger partial charge < -0.3 is 14.2 Å². The van der Waals surface area contributed by atoms with E-state index in [4.69, 9.17) is 4.74 Å². The number of amides is 1. The van der Waals surface area contributed by atoms with Crippen LogP contribution in [-0.2, 0) is 30.5 Å². The molecule has 1 amide bonds. The molecule has 1 fully saturated rings. The summed E-state index contributed by atoms with van der Waals surface area (Å²) in [5, 5.41) is 0. The van der Waals surface area contributed by atoms with Gasteiger partial charge in [-0.2, -0.15) is 13.2 Å². The minimum absolute atomic E-state index is 0.0272. The summed E-state index contributed by atoms with van der Waals surface area (Å²) < 4.78 is 45.5. The zero-order chi connectivity index (χ0) is 19.9. The Kier molecular flexibility index (Phi) is 4.81. The Morgan fingerprint density at radius 3 is 2.57 bits per heavy atom. The Balaban J connectivity index is 1.48. The quantitative estimate of drug-likeness (QED) is 0.779. The summed E-state index contributed by atoms with van der Waals surface area (Å²) in [6.07, 6.45) is -0.558. The smallest absolute Gasteiger partial charge is 0.449 e. The SMILES string of the molecule is COc1ccc(CN(C(=O)C2CCn3c(cnc3C(F)(F)F)C2)C2CC2)cc1. The van der Waals surface area contributed by atoms with Crippen LogP contribution >= 0.6 is 0 Å². The van der Waals surface area contributed by atoms with Gasteiger partial charge in [-0.15, -0.1) is 0 Å². The standard InChI is InChI=1S/C20H22F3N3O2/c1-28-17-6-2-13(3-7-17)12-26(15-4-5-15)18(27)14-8-9-25-16(10-14)11-24-19(25)20(21,22)23/h2-3,6-7,11,14-15H,4-5,8-10,12H2,1H3. The molecule has 0 spiro atoms. The molecular formula is C20H22F3N3O2. The molecule has 0 radical (unpaired) electrons. The number of imidazole rings is 1. The van der Waals surface area contributed by atoms with Crippen molar-refractivity contribution in [2.24, 2.45) is 5.92 Å². The van der Waals surface area contributed by atoms with E-state index in [2.05, 4.69) is 4.98 Å². The van der Waals surface area contributed by atoms with E-state index in [1.807, 2.05) is 29.2 Å². The summed E-state index contributed by atoms with van der Waals surface area (Å²) in [4.78, 5) is 18.6. The number of methoxy groups -OCH3 is 1. The van der Waals surface area contributed by atoms with Crippen LogP contribution in [0.25, 0.3) is 0 Å². The van der Waals surface area contributed by atoms with Gasteiger partial charge in [0.25, 0.3) is 0 Å². The highest BCUT2D eigenvalue weighted by Crippen LogP contribution is 2.35. The van der Waals surface area contributed by atoms with E-state index in [-0.39, 0.29) is 24.4 Å². The first-order valence-corrected chi connectivity index (χ1v) is 9.42. The van der Waals surface area contributed by atoms with Gasteiger partial charge in [-0.3, -0.25) is 4.79 Å². The second-order valence-electron chi connectivity index (χ2n) is 7.46. The van der Waals surface area contributed by atoms with E-state index in [1.54, 1.807) is 7.11 Å². The molecule has 2 heterocycles. The number of alkyl halides is 3. The van der Waals surface area contributed by atoms with E-state index in [0.29, 0.717) is 25.1 Å². The van der Waals surface area contributed by atoms with Gasteiger partial charge in [0.2, 0.25) is 11.7 Å². The van der Waals surface area contributed by atoms with Gasteiger partial charge in [0.05, 0.1) is 7.11 Å². The largest absolute Gasteiger partial charge is 0.497 e. The highest BCUT2D eigenvalue weighted by atomic mass is 19.4. The van der Waals surface area contributed by atoms with Crippen molar-refractivity contribution >= 4 is 5.91 Å². The average Bonchev–Trinajstić information content (AvgIpc) is 3.42. The molecule has 28 heavy (non-hydrogen) atoms.